The number of para-hydroxylation sites is 1. The van der Waals surface area contributed by atoms with Crippen LogP contribution in [0.15, 0.2) is 78.9 Å². The summed E-state index contributed by atoms with van der Waals surface area (Å²) in [5, 5.41) is 0. The molecule has 0 aliphatic rings. The Balaban J connectivity index is 2.01. The molecule has 1 atom stereocenters. The van der Waals surface area contributed by atoms with Gasteiger partial charge in [0, 0.05) is 7.05 Å². The quantitative estimate of drug-likeness (QED) is 0.577. The molecule has 0 spiro atoms. The van der Waals surface area contributed by atoms with Gasteiger partial charge in [-0.3, -0.25) is 4.79 Å². The first-order valence-electron chi connectivity index (χ1n) is 8.59. The van der Waals surface area contributed by atoms with E-state index in [0.717, 1.165) is 5.56 Å². The first-order valence-corrected chi connectivity index (χ1v) is 8.59. The Morgan fingerprint density at radius 2 is 1.43 bits per heavy atom. The van der Waals surface area contributed by atoms with Crippen LogP contribution in [0.25, 0.3) is 0 Å². The van der Waals surface area contributed by atoms with Crippen molar-refractivity contribution < 1.29 is 22.7 Å². The Hall–Kier alpha value is -3.28. The first-order chi connectivity index (χ1) is 13.5. The van der Waals surface area contributed by atoms with Crippen molar-refractivity contribution in [3.63, 3.8) is 0 Å². The van der Waals surface area contributed by atoms with Crippen molar-refractivity contribution in [2.45, 2.75) is 12.7 Å². The summed E-state index contributed by atoms with van der Waals surface area (Å²) >= 11 is 0. The molecular formula is C22H18F3NO2. The van der Waals surface area contributed by atoms with E-state index in [2.05, 4.69) is 4.74 Å². The predicted octanol–water partition coefficient (Wildman–Crippen LogP) is 5.29. The van der Waals surface area contributed by atoms with E-state index in [0.29, 0.717) is 5.56 Å². The minimum atomic E-state index is -3.04. The molecule has 0 radical (unpaired) electrons. The highest BCUT2D eigenvalue weighted by Crippen LogP contribution is 2.31. The molecule has 1 unspecified atom stereocenters. The fourth-order valence-corrected chi connectivity index (χ4v) is 3.07. The van der Waals surface area contributed by atoms with Crippen molar-refractivity contribution in [3.8, 4) is 5.75 Å². The smallest absolute Gasteiger partial charge is 0.387 e. The Bertz CT molecular complexity index is 930. The molecule has 144 valence electrons. The second-order valence-corrected chi connectivity index (χ2v) is 6.16. The maximum Gasteiger partial charge on any atom is 0.387 e. The highest BCUT2D eigenvalue weighted by Gasteiger charge is 2.27. The maximum absolute atomic E-state index is 13.4. The van der Waals surface area contributed by atoms with Crippen molar-refractivity contribution in [2.75, 3.05) is 7.05 Å². The van der Waals surface area contributed by atoms with Crippen LogP contribution < -0.4 is 4.74 Å². The number of rotatable bonds is 6. The molecule has 1 amide bonds. The number of carbonyl (C=O) groups excluding carboxylic acids is 1. The van der Waals surface area contributed by atoms with Gasteiger partial charge in [0.1, 0.15) is 11.6 Å². The fourth-order valence-electron chi connectivity index (χ4n) is 3.07. The van der Waals surface area contributed by atoms with E-state index in [1.807, 2.05) is 30.3 Å². The zero-order valence-electron chi connectivity index (χ0n) is 15.1. The van der Waals surface area contributed by atoms with Crippen LogP contribution in [0, 0.1) is 5.82 Å². The van der Waals surface area contributed by atoms with Crippen molar-refractivity contribution in [2.24, 2.45) is 0 Å². The zero-order chi connectivity index (χ0) is 20.1. The molecule has 0 aliphatic heterocycles. The van der Waals surface area contributed by atoms with Crippen LogP contribution in [-0.4, -0.2) is 24.5 Å². The van der Waals surface area contributed by atoms with Crippen molar-refractivity contribution in [3.05, 3.63) is 101 Å². The third-order valence-corrected chi connectivity index (χ3v) is 4.34. The number of ether oxygens (including phenoxy) is 1. The van der Waals surface area contributed by atoms with E-state index in [1.54, 1.807) is 25.2 Å². The molecule has 0 aromatic heterocycles. The van der Waals surface area contributed by atoms with Gasteiger partial charge in [0.25, 0.3) is 5.91 Å². The molecule has 0 aliphatic carbocycles. The van der Waals surface area contributed by atoms with Gasteiger partial charge < -0.3 is 9.64 Å². The maximum atomic E-state index is 13.4. The second-order valence-electron chi connectivity index (χ2n) is 6.16. The van der Waals surface area contributed by atoms with Gasteiger partial charge in [0.2, 0.25) is 0 Å². The van der Waals surface area contributed by atoms with Gasteiger partial charge in [-0.2, -0.15) is 8.78 Å². The van der Waals surface area contributed by atoms with Crippen molar-refractivity contribution in [1.29, 1.82) is 0 Å². The van der Waals surface area contributed by atoms with Gasteiger partial charge in [-0.15, -0.1) is 0 Å². The molecular weight excluding hydrogens is 367 g/mol. The summed E-state index contributed by atoms with van der Waals surface area (Å²) in [6.45, 7) is -3.04. The Labute approximate surface area is 161 Å². The second kappa shape index (κ2) is 8.61. The van der Waals surface area contributed by atoms with Crippen LogP contribution in [0.5, 0.6) is 5.75 Å². The molecule has 0 fully saturated rings. The fraction of sp³-hybridized carbons (Fsp3) is 0.136. The van der Waals surface area contributed by atoms with E-state index in [1.165, 1.54) is 35.2 Å². The number of benzene rings is 3. The molecule has 0 heterocycles. The minimum Gasteiger partial charge on any atom is -0.434 e. The van der Waals surface area contributed by atoms with Crippen LogP contribution in [0.4, 0.5) is 13.2 Å². The molecule has 0 saturated carbocycles. The van der Waals surface area contributed by atoms with Crippen LogP contribution >= 0.6 is 0 Å². The van der Waals surface area contributed by atoms with E-state index in [-0.39, 0.29) is 17.1 Å². The summed E-state index contributed by atoms with van der Waals surface area (Å²) in [6.07, 6.45) is 0. The molecule has 0 bridgehead atoms. The molecule has 3 nitrogen and oxygen atoms in total. The average Bonchev–Trinajstić information content (AvgIpc) is 2.70. The van der Waals surface area contributed by atoms with Crippen molar-refractivity contribution >= 4 is 5.91 Å². The largest absolute Gasteiger partial charge is 0.434 e. The standard InChI is InChI=1S/C22H18F3NO2/c1-26(21(27)18-9-5-6-10-19(18)28-22(24)25)20(15-7-3-2-4-8-15)16-11-13-17(23)14-12-16/h2-14,20,22H,1H3. The summed E-state index contributed by atoms with van der Waals surface area (Å²) in [6, 6.07) is 20.3. The summed E-state index contributed by atoms with van der Waals surface area (Å²) < 4.78 is 43.3. The lowest BCUT2D eigenvalue weighted by Crippen LogP contribution is -2.32. The SMILES string of the molecule is CN(C(=O)c1ccccc1OC(F)F)C(c1ccccc1)c1ccc(F)cc1. The zero-order valence-corrected chi connectivity index (χ0v) is 15.1. The predicted molar refractivity (Wildman–Crippen MR) is 99.9 cm³/mol. The monoisotopic (exact) mass is 385 g/mol. The third-order valence-electron chi connectivity index (χ3n) is 4.34. The highest BCUT2D eigenvalue weighted by atomic mass is 19.3. The summed E-state index contributed by atoms with van der Waals surface area (Å²) in [5.41, 5.74) is 1.52. The normalized spacial score (nSPS) is 11.9. The Kier molecular flexibility index (Phi) is 5.99. The van der Waals surface area contributed by atoms with Gasteiger partial charge >= 0.3 is 6.61 Å². The lowest BCUT2D eigenvalue weighted by molar-refractivity contribution is -0.0502. The van der Waals surface area contributed by atoms with E-state index < -0.39 is 18.6 Å². The number of hydrogen-bond acceptors (Lipinski definition) is 2. The lowest BCUT2D eigenvalue weighted by atomic mass is 9.96. The summed E-state index contributed by atoms with van der Waals surface area (Å²) in [7, 11) is 1.57. The third kappa shape index (κ3) is 4.34. The van der Waals surface area contributed by atoms with Crippen LogP contribution in [0.2, 0.25) is 0 Å². The summed E-state index contributed by atoms with van der Waals surface area (Å²) in [5.74, 6) is -1.07. The number of carbonyl (C=O) groups is 1. The van der Waals surface area contributed by atoms with Gasteiger partial charge in [0.15, 0.2) is 0 Å². The molecule has 28 heavy (non-hydrogen) atoms. The topological polar surface area (TPSA) is 29.5 Å². The van der Waals surface area contributed by atoms with Crippen LogP contribution in [-0.2, 0) is 0 Å². The van der Waals surface area contributed by atoms with Crippen LogP contribution in [0.1, 0.15) is 27.5 Å². The lowest BCUT2D eigenvalue weighted by Gasteiger charge is -2.30. The number of alkyl halides is 2. The number of amides is 1. The number of halogens is 3. The molecule has 0 N–H and O–H groups in total. The van der Waals surface area contributed by atoms with Gasteiger partial charge in [-0.05, 0) is 35.4 Å². The van der Waals surface area contributed by atoms with Gasteiger partial charge in [-0.1, -0.05) is 54.6 Å². The molecule has 3 aromatic carbocycles. The average molecular weight is 385 g/mol. The van der Waals surface area contributed by atoms with E-state index >= 15 is 0 Å². The minimum absolute atomic E-state index is 0.0216. The van der Waals surface area contributed by atoms with Gasteiger partial charge in [-0.25, -0.2) is 4.39 Å². The number of hydrogen-bond donors (Lipinski definition) is 0. The van der Waals surface area contributed by atoms with Crippen molar-refractivity contribution in [1.82, 2.24) is 4.90 Å². The van der Waals surface area contributed by atoms with E-state index in [4.69, 9.17) is 0 Å². The Morgan fingerprint density at radius 1 is 0.857 bits per heavy atom. The number of nitrogens with zero attached hydrogens (tertiary/aromatic N) is 1. The first kappa shape index (κ1) is 19.5. The molecule has 3 aromatic rings. The highest BCUT2D eigenvalue weighted by molar-refractivity contribution is 5.97. The molecule has 3 rings (SSSR count). The summed E-state index contributed by atoms with van der Waals surface area (Å²) in [4.78, 5) is 14.6. The van der Waals surface area contributed by atoms with E-state index in [9.17, 15) is 18.0 Å². The Morgan fingerprint density at radius 3 is 2.07 bits per heavy atom. The van der Waals surface area contributed by atoms with Crippen LogP contribution in [0.3, 0.4) is 0 Å². The molecule has 6 heteroatoms. The molecule has 0 saturated heterocycles. The van der Waals surface area contributed by atoms with Gasteiger partial charge in [0.05, 0.1) is 11.6 Å².